The van der Waals surface area contributed by atoms with E-state index in [1.807, 2.05) is 55.6 Å². The molecule has 0 aromatic heterocycles. The Kier molecular flexibility index (Phi) is 6.02. The van der Waals surface area contributed by atoms with E-state index in [0.29, 0.717) is 18.6 Å². The van der Waals surface area contributed by atoms with Gasteiger partial charge in [-0.15, -0.1) is 0 Å². The van der Waals surface area contributed by atoms with Crippen molar-refractivity contribution in [2.45, 2.75) is 61.3 Å². The highest BCUT2D eigenvalue weighted by Crippen LogP contribution is 2.65. The standard InChI is InChI=1S/C34H36N2O4/c1-35(29(38)15-12-23-8-4-2-5-9-23)26-16-18-34(39)28-22-25-13-14-27(37)31-30(25)33(34,32(26)40-31)19-21-36(28)20-17-24-10-6-3-7-11-24/h2-15,26,28,32,37,39H,16-22H2,1H3/t26-,28-,32+,33+,34-/m1/s1. The smallest absolute Gasteiger partial charge is 0.246 e. The van der Waals surface area contributed by atoms with Crippen LogP contribution in [0.25, 0.3) is 6.08 Å². The highest BCUT2D eigenvalue weighted by Gasteiger charge is 2.73. The van der Waals surface area contributed by atoms with Crippen molar-refractivity contribution in [3.63, 3.8) is 0 Å². The van der Waals surface area contributed by atoms with Gasteiger partial charge in [-0.3, -0.25) is 9.69 Å². The third kappa shape index (κ3) is 3.66. The second-order valence-electron chi connectivity index (χ2n) is 11.9. The molecule has 1 amide bonds. The lowest BCUT2D eigenvalue weighted by molar-refractivity contribution is -0.199. The van der Waals surface area contributed by atoms with Gasteiger partial charge in [0.25, 0.3) is 0 Å². The van der Waals surface area contributed by atoms with Crippen LogP contribution >= 0.6 is 0 Å². The molecule has 4 aliphatic rings. The normalized spacial score (nSPS) is 30.1. The van der Waals surface area contributed by atoms with Crippen LogP contribution in [0.15, 0.2) is 78.9 Å². The van der Waals surface area contributed by atoms with Crippen molar-refractivity contribution in [1.29, 1.82) is 0 Å². The minimum atomic E-state index is -1.00. The molecule has 2 aliphatic carbocycles. The van der Waals surface area contributed by atoms with Gasteiger partial charge in [0.2, 0.25) is 5.91 Å². The first kappa shape index (κ1) is 25.4. The number of benzene rings is 3. The molecule has 40 heavy (non-hydrogen) atoms. The number of ether oxygens (including phenoxy) is 1. The van der Waals surface area contributed by atoms with Gasteiger partial charge < -0.3 is 19.8 Å². The zero-order valence-electron chi connectivity index (χ0n) is 22.9. The van der Waals surface area contributed by atoms with Gasteiger partial charge >= 0.3 is 0 Å². The molecule has 1 spiro atoms. The number of phenolic OH excluding ortho intramolecular Hbond substituents is 1. The van der Waals surface area contributed by atoms with E-state index in [1.165, 1.54) is 5.56 Å². The summed E-state index contributed by atoms with van der Waals surface area (Å²) in [5.74, 6) is 0.531. The van der Waals surface area contributed by atoms with Crippen LogP contribution in [-0.2, 0) is 23.1 Å². The van der Waals surface area contributed by atoms with Gasteiger partial charge in [-0.05, 0) is 67.5 Å². The van der Waals surface area contributed by atoms with E-state index in [4.69, 9.17) is 4.74 Å². The molecular formula is C34H36N2O4. The fourth-order valence-electron chi connectivity index (χ4n) is 8.20. The molecule has 2 aliphatic heterocycles. The molecule has 6 nitrogen and oxygen atoms in total. The van der Waals surface area contributed by atoms with Gasteiger partial charge in [0.05, 0.1) is 17.1 Å². The van der Waals surface area contributed by atoms with E-state index >= 15 is 0 Å². The van der Waals surface area contributed by atoms with Gasteiger partial charge in [0.15, 0.2) is 11.5 Å². The minimum absolute atomic E-state index is 0.0426. The van der Waals surface area contributed by atoms with Gasteiger partial charge in [-0.25, -0.2) is 0 Å². The maximum Gasteiger partial charge on any atom is 0.246 e. The van der Waals surface area contributed by atoms with E-state index < -0.39 is 17.1 Å². The number of amides is 1. The molecule has 0 radical (unpaired) electrons. The first-order valence-corrected chi connectivity index (χ1v) is 14.4. The van der Waals surface area contributed by atoms with Crippen LogP contribution in [0.5, 0.6) is 11.5 Å². The highest BCUT2D eigenvalue weighted by atomic mass is 16.5. The van der Waals surface area contributed by atoms with Crippen molar-refractivity contribution in [3.05, 3.63) is 101 Å². The van der Waals surface area contributed by atoms with Crippen LogP contribution < -0.4 is 4.74 Å². The SMILES string of the molecule is CN(C(=O)C=Cc1ccccc1)[C@@H]1CC[C@@]2(O)[C@H]3Cc4ccc(O)c5c4[C@@]2(CCN3CCc2ccccc2)[C@H]1O5. The average Bonchev–Trinajstić information content (AvgIpc) is 3.33. The number of likely N-dealkylation sites (N-methyl/N-ethyl adjacent to an activating group) is 1. The summed E-state index contributed by atoms with van der Waals surface area (Å²) < 4.78 is 6.64. The molecule has 3 aromatic carbocycles. The second-order valence-corrected chi connectivity index (χ2v) is 11.9. The Morgan fingerprint density at radius 2 is 1.82 bits per heavy atom. The number of rotatable bonds is 6. The molecule has 2 fully saturated rings. The Morgan fingerprint density at radius 3 is 2.60 bits per heavy atom. The van der Waals surface area contributed by atoms with E-state index in [2.05, 4.69) is 29.2 Å². The first-order chi connectivity index (χ1) is 19.4. The molecule has 2 heterocycles. The highest BCUT2D eigenvalue weighted by molar-refractivity contribution is 5.92. The summed E-state index contributed by atoms with van der Waals surface area (Å²) in [6.07, 6.45) is 6.64. The van der Waals surface area contributed by atoms with Gasteiger partial charge in [-0.1, -0.05) is 66.7 Å². The molecular weight excluding hydrogens is 500 g/mol. The van der Waals surface area contributed by atoms with Crippen molar-refractivity contribution in [1.82, 2.24) is 9.80 Å². The number of nitrogens with zero attached hydrogens (tertiary/aromatic N) is 2. The summed E-state index contributed by atoms with van der Waals surface area (Å²) in [6.45, 7) is 1.72. The number of likely N-dealkylation sites (tertiary alicyclic amines) is 1. The van der Waals surface area contributed by atoms with Gasteiger partial charge in [-0.2, -0.15) is 0 Å². The molecule has 7 rings (SSSR count). The third-order valence-electron chi connectivity index (χ3n) is 10.1. The largest absolute Gasteiger partial charge is 0.504 e. The fraction of sp³-hybridized carbons (Fsp3) is 0.382. The molecule has 1 saturated carbocycles. The molecule has 1 saturated heterocycles. The van der Waals surface area contributed by atoms with Crippen molar-refractivity contribution < 1.29 is 19.7 Å². The summed E-state index contributed by atoms with van der Waals surface area (Å²) in [6, 6.07) is 23.8. The number of carbonyl (C=O) groups excluding carboxylic acids is 1. The molecule has 5 atom stereocenters. The van der Waals surface area contributed by atoms with Crippen molar-refractivity contribution >= 4 is 12.0 Å². The monoisotopic (exact) mass is 536 g/mol. The summed E-state index contributed by atoms with van der Waals surface area (Å²) in [4.78, 5) is 17.6. The van der Waals surface area contributed by atoms with Crippen LogP contribution in [-0.4, -0.2) is 69.8 Å². The fourth-order valence-corrected chi connectivity index (χ4v) is 8.20. The van der Waals surface area contributed by atoms with Crippen LogP contribution in [0.1, 0.15) is 41.5 Å². The van der Waals surface area contributed by atoms with Gasteiger partial charge in [0, 0.05) is 31.3 Å². The molecule has 2 N–H and O–H groups in total. The molecule has 2 bridgehead atoms. The minimum Gasteiger partial charge on any atom is -0.504 e. The summed E-state index contributed by atoms with van der Waals surface area (Å²) in [5, 5.41) is 23.6. The molecule has 206 valence electrons. The molecule has 6 heteroatoms. The van der Waals surface area contributed by atoms with E-state index in [0.717, 1.165) is 49.0 Å². The quantitative estimate of drug-likeness (QED) is 0.459. The van der Waals surface area contributed by atoms with Crippen molar-refractivity contribution in [2.24, 2.45) is 0 Å². The number of aliphatic hydroxyl groups is 1. The Balaban J connectivity index is 1.22. The van der Waals surface area contributed by atoms with E-state index in [9.17, 15) is 15.0 Å². The Hall–Kier alpha value is -3.61. The lowest BCUT2D eigenvalue weighted by Crippen LogP contribution is -2.78. The predicted octanol–water partition coefficient (Wildman–Crippen LogP) is 4.33. The maximum atomic E-state index is 13.4. The topological polar surface area (TPSA) is 73.2 Å². The van der Waals surface area contributed by atoms with E-state index in [-0.39, 0.29) is 23.7 Å². The van der Waals surface area contributed by atoms with Crippen LogP contribution in [0.2, 0.25) is 0 Å². The zero-order chi connectivity index (χ0) is 27.5. The number of phenols is 1. The Bertz CT molecular complexity index is 1460. The first-order valence-electron chi connectivity index (χ1n) is 14.4. The lowest BCUT2D eigenvalue weighted by atomic mass is 9.48. The lowest BCUT2D eigenvalue weighted by Gasteiger charge is -2.64. The van der Waals surface area contributed by atoms with Crippen molar-refractivity contribution in [3.8, 4) is 11.5 Å². The Morgan fingerprint density at radius 1 is 1.07 bits per heavy atom. The van der Waals surface area contributed by atoms with Gasteiger partial charge in [0.1, 0.15) is 6.10 Å². The van der Waals surface area contributed by atoms with Crippen LogP contribution in [0.3, 0.4) is 0 Å². The summed E-state index contributed by atoms with van der Waals surface area (Å²) in [5.41, 5.74) is 2.73. The van der Waals surface area contributed by atoms with E-state index in [1.54, 1.807) is 17.0 Å². The molecule has 3 aromatic rings. The summed E-state index contributed by atoms with van der Waals surface area (Å²) in [7, 11) is 1.84. The number of hydrogen-bond acceptors (Lipinski definition) is 5. The number of piperidine rings is 1. The third-order valence-corrected chi connectivity index (χ3v) is 10.1. The summed E-state index contributed by atoms with van der Waals surface area (Å²) >= 11 is 0. The molecule has 0 unspecified atom stereocenters. The van der Waals surface area contributed by atoms with Crippen molar-refractivity contribution in [2.75, 3.05) is 20.1 Å². The number of hydrogen-bond donors (Lipinski definition) is 2. The number of carbonyl (C=O) groups is 1. The maximum absolute atomic E-state index is 13.4. The zero-order valence-corrected chi connectivity index (χ0v) is 22.9. The predicted molar refractivity (Wildman–Crippen MR) is 154 cm³/mol. The average molecular weight is 537 g/mol. The number of aromatic hydroxyl groups is 1. The van der Waals surface area contributed by atoms with Crippen LogP contribution in [0, 0.1) is 0 Å². The Labute approximate surface area is 235 Å². The second kappa shape index (κ2) is 9.50. The van der Waals surface area contributed by atoms with Crippen LogP contribution in [0.4, 0.5) is 0 Å².